The number of aromatic carboxylic acids is 1. The Kier molecular flexibility index (Phi) is 6.20. The largest absolute Gasteiger partial charge is 0.478 e. The molecule has 3 aromatic heterocycles. The summed E-state index contributed by atoms with van der Waals surface area (Å²) in [4.78, 5) is 25.3. The number of thiazole rings is 1. The first-order chi connectivity index (χ1) is 17.5. The van der Waals surface area contributed by atoms with Gasteiger partial charge in [0.2, 0.25) is 0 Å². The molecule has 1 aliphatic rings. The zero-order chi connectivity index (χ0) is 26.4. The number of nitrogens with zero attached hydrogens (tertiary/aromatic N) is 3. The van der Waals surface area contributed by atoms with Crippen molar-refractivity contribution >= 4 is 28.9 Å². The monoisotopic (exact) mass is 525 g/mol. The molecule has 0 amide bonds. The second-order valence-electron chi connectivity index (χ2n) is 9.00. The molecule has 1 aliphatic carbocycles. The number of anilines is 2. The van der Waals surface area contributed by atoms with Gasteiger partial charge in [0.15, 0.2) is 0 Å². The normalized spacial score (nSPS) is 17.3. The Balaban J connectivity index is 1.46. The molecule has 1 aromatic carbocycles. The maximum Gasteiger partial charge on any atom is 0.416 e. The van der Waals surface area contributed by atoms with Crippen LogP contribution in [0.3, 0.4) is 0 Å². The van der Waals surface area contributed by atoms with E-state index in [4.69, 9.17) is 5.73 Å². The molecule has 0 radical (unpaired) electrons. The molecule has 0 spiro atoms. The molecular formula is C26H22F3N5O2S. The van der Waals surface area contributed by atoms with E-state index in [9.17, 15) is 23.1 Å². The summed E-state index contributed by atoms with van der Waals surface area (Å²) >= 11 is 1.39. The number of fused-ring (bicyclic) bond motifs is 1. The van der Waals surface area contributed by atoms with E-state index < -0.39 is 23.2 Å². The minimum absolute atomic E-state index is 0.0318. The van der Waals surface area contributed by atoms with Crippen LogP contribution in [-0.2, 0) is 18.1 Å². The summed E-state index contributed by atoms with van der Waals surface area (Å²) in [6, 6.07) is 10.4. The van der Waals surface area contributed by atoms with Crippen molar-refractivity contribution in [2.75, 3.05) is 5.32 Å². The van der Waals surface area contributed by atoms with Gasteiger partial charge in [0, 0.05) is 12.4 Å². The summed E-state index contributed by atoms with van der Waals surface area (Å²) < 4.78 is 39.2. The predicted molar refractivity (Wildman–Crippen MR) is 134 cm³/mol. The zero-order valence-corrected chi connectivity index (χ0v) is 20.5. The van der Waals surface area contributed by atoms with Crippen molar-refractivity contribution in [2.24, 2.45) is 5.73 Å². The van der Waals surface area contributed by atoms with E-state index >= 15 is 0 Å². The average Bonchev–Trinajstić information content (AvgIpc) is 3.35. The molecular weight excluding hydrogens is 503 g/mol. The molecule has 7 nitrogen and oxygen atoms in total. The van der Waals surface area contributed by atoms with E-state index in [-0.39, 0.29) is 11.4 Å². The molecule has 0 aliphatic heterocycles. The molecule has 0 saturated heterocycles. The van der Waals surface area contributed by atoms with Crippen molar-refractivity contribution < 1.29 is 23.1 Å². The predicted octanol–water partition coefficient (Wildman–Crippen LogP) is 5.91. The van der Waals surface area contributed by atoms with Crippen LogP contribution in [0.5, 0.6) is 0 Å². The zero-order valence-electron chi connectivity index (χ0n) is 19.6. The van der Waals surface area contributed by atoms with Crippen LogP contribution >= 0.6 is 11.3 Å². The van der Waals surface area contributed by atoms with Crippen molar-refractivity contribution in [1.82, 2.24) is 15.0 Å². The van der Waals surface area contributed by atoms with Gasteiger partial charge in [-0.05, 0) is 79.3 Å². The molecule has 0 fully saturated rings. The molecule has 4 aromatic rings. The lowest BCUT2D eigenvalue weighted by molar-refractivity contribution is -0.137. The molecule has 0 bridgehead atoms. The van der Waals surface area contributed by atoms with Gasteiger partial charge in [-0.2, -0.15) is 13.2 Å². The Bertz CT molecular complexity index is 1500. The molecule has 1 unspecified atom stereocenters. The van der Waals surface area contributed by atoms with E-state index in [1.54, 1.807) is 30.5 Å². The molecule has 4 N–H and O–H groups in total. The number of aryl methyl sites for hydroxylation is 2. The Labute approximate surface area is 214 Å². The Morgan fingerprint density at radius 2 is 1.95 bits per heavy atom. The van der Waals surface area contributed by atoms with E-state index in [0.717, 1.165) is 52.7 Å². The highest BCUT2D eigenvalue weighted by atomic mass is 32.1. The van der Waals surface area contributed by atoms with Crippen LogP contribution < -0.4 is 11.1 Å². The number of hydrogen-bond acceptors (Lipinski definition) is 7. The minimum Gasteiger partial charge on any atom is -0.478 e. The standard InChI is InChI=1S/C26H22F3N5O2S/c1-14-9-19(33-22(10-14)34-21-12-17(6-8-31-21)26(27,28)29)20-13-32-24(37-20)25(30)7-2-3-15-11-16(23(35)36)4-5-18(15)25/h4-6,8-13H,2-3,7,30H2,1H3,(H,35,36)(H,31,33,34). The number of halogens is 3. The van der Waals surface area contributed by atoms with Crippen LogP contribution in [0.15, 0.2) is 54.9 Å². The van der Waals surface area contributed by atoms with Crippen molar-refractivity contribution in [3.05, 3.63) is 87.7 Å². The minimum atomic E-state index is -4.48. The maximum atomic E-state index is 13.1. The van der Waals surface area contributed by atoms with Crippen LogP contribution in [0.2, 0.25) is 0 Å². The number of aromatic nitrogens is 3. The molecule has 37 heavy (non-hydrogen) atoms. The van der Waals surface area contributed by atoms with Gasteiger partial charge in [0.1, 0.15) is 16.6 Å². The number of hydrogen-bond donors (Lipinski definition) is 3. The first-order valence-corrected chi connectivity index (χ1v) is 12.3. The molecule has 190 valence electrons. The van der Waals surface area contributed by atoms with Crippen LogP contribution in [0.25, 0.3) is 10.6 Å². The third-order valence-electron chi connectivity index (χ3n) is 6.30. The fourth-order valence-corrected chi connectivity index (χ4v) is 5.57. The summed E-state index contributed by atoms with van der Waals surface area (Å²) in [5.74, 6) is -0.601. The summed E-state index contributed by atoms with van der Waals surface area (Å²) in [5.41, 5.74) is 8.66. The highest BCUT2D eigenvalue weighted by Crippen LogP contribution is 2.42. The summed E-state index contributed by atoms with van der Waals surface area (Å²) in [5, 5.41) is 12.9. The molecule has 0 saturated carbocycles. The lowest BCUT2D eigenvalue weighted by Crippen LogP contribution is -2.41. The number of alkyl halides is 3. The average molecular weight is 526 g/mol. The molecule has 3 heterocycles. The van der Waals surface area contributed by atoms with Crippen molar-refractivity contribution in [2.45, 2.75) is 37.9 Å². The van der Waals surface area contributed by atoms with Gasteiger partial charge in [0.25, 0.3) is 0 Å². The number of carbonyl (C=O) groups is 1. The second-order valence-corrected chi connectivity index (χ2v) is 10.0. The first-order valence-electron chi connectivity index (χ1n) is 11.4. The number of nitrogens with two attached hydrogens (primary N) is 1. The Hall–Kier alpha value is -3.83. The van der Waals surface area contributed by atoms with E-state index in [1.165, 1.54) is 11.3 Å². The molecule has 1 atom stereocenters. The van der Waals surface area contributed by atoms with Gasteiger partial charge in [-0.1, -0.05) is 6.07 Å². The lowest BCUT2D eigenvalue weighted by atomic mass is 9.77. The highest BCUT2D eigenvalue weighted by Gasteiger charge is 2.37. The van der Waals surface area contributed by atoms with E-state index in [1.807, 2.05) is 13.0 Å². The lowest BCUT2D eigenvalue weighted by Gasteiger charge is -2.34. The van der Waals surface area contributed by atoms with Gasteiger partial charge in [-0.25, -0.2) is 19.7 Å². The van der Waals surface area contributed by atoms with Gasteiger partial charge < -0.3 is 16.2 Å². The van der Waals surface area contributed by atoms with Crippen LogP contribution in [0.4, 0.5) is 24.8 Å². The van der Waals surface area contributed by atoms with Gasteiger partial charge in [0.05, 0.1) is 27.2 Å². The quantitative estimate of drug-likeness (QED) is 0.297. The van der Waals surface area contributed by atoms with Crippen LogP contribution in [0.1, 0.15) is 50.5 Å². The number of carboxylic acid groups (broad SMARTS) is 1. The Morgan fingerprint density at radius 1 is 1.14 bits per heavy atom. The SMILES string of the molecule is Cc1cc(Nc2cc(C(F)(F)F)ccn2)nc(-c2cnc(C3(N)CCCc4cc(C(=O)O)ccc43)s2)c1. The van der Waals surface area contributed by atoms with Crippen LogP contribution in [-0.4, -0.2) is 26.0 Å². The first kappa shape index (κ1) is 24.8. The number of pyridine rings is 2. The van der Waals surface area contributed by atoms with Gasteiger partial charge in [-0.3, -0.25) is 0 Å². The third kappa shape index (κ3) is 4.92. The fraction of sp³-hybridized carbons (Fsp3) is 0.231. The fourth-order valence-electron chi connectivity index (χ4n) is 4.55. The third-order valence-corrected chi connectivity index (χ3v) is 7.50. The number of rotatable bonds is 5. The van der Waals surface area contributed by atoms with E-state index in [0.29, 0.717) is 22.9 Å². The summed E-state index contributed by atoms with van der Waals surface area (Å²) in [7, 11) is 0. The topological polar surface area (TPSA) is 114 Å². The number of benzene rings is 1. The Morgan fingerprint density at radius 3 is 2.70 bits per heavy atom. The van der Waals surface area contributed by atoms with Crippen molar-refractivity contribution in [1.29, 1.82) is 0 Å². The number of nitrogens with one attached hydrogen (secondary N) is 1. The van der Waals surface area contributed by atoms with Gasteiger partial charge >= 0.3 is 12.1 Å². The summed E-state index contributed by atoms with van der Waals surface area (Å²) in [6.45, 7) is 1.86. The van der Waals surface area contributed by atoms with Crippen molar-refractivity contribution in [3.63, 3.8) is 0 Å². The second kappa shape index (κ2) is 9.24. The summed E-state index contributed by atoms with van der Waals surface area (Å²) in [6.07, 6.45) is 0.499. The smallest absolute Gasteiger partial charge is 0.416 e. The van der Waals surface area contributed by atoms with E-state index in [2.05, 4.69) is 20.3 Å². The highest BCUT2D eigenvalue weighted by molar-refractivity contribution is 7.15. The maximum absolute atomic E-state index is 13.1. The van der Waals surface area contributed by atoms with Gasteiger partial charge in [-0.15, -0.1) is 11.3 Å². The molecule has 5 rings (SSSR count). The molecule has 11 heteroatoms. The van der Waals surface area contributed by atoms with Crippen molar-refractivity contribution in [3.8, 4) is 10.6 Å². The number of carboxylic acids is 1. The van der Waals surface area contributed by atoms with Crippen LogP contribution in [0, 0.1) is 6.92 Å².